The third-order valence-electron chi connectivity index (χ3n) is 3.45. The molecule has 0 spiro atoms. The summed E-state index contributed by atoms with van der Waals surface area (Å²) in [6, 6.07) is 14.1. The summed E-state index contributed by atoms with van der Waals surface area (Å²) < 4.78 is 5.98. The molecule has 4 nitrogen and oxygen atoms in total. The van der Waals surface area contributed by atoms with Crippen molar-refractivity contribution in [3.63, 3.8) is 0 Å². The van der Waals surface area contributed by atoms with Gasteiger partial charge in [-0.3, -0.25) is 0 Å². The molecule has 0 fully saturated rings. The fraction of sp³-hybridized carbons (Fsp3) is 0.278. The first-order valence-corrected chi connectivity index (χ1v) is 7.24. The van der Waals surface area contributed by atoms with Gasteiger partial charge in [0, 0.05) is 12.1 Å². The number of nitrogens with two attached hydrogens (primary N) is 1. The van der Waals surface area contributed by atoms with Gasteiger partial charge in [-0.1, -0.05) is 41.6 Å². The Hall–Kier alpha value is -2.33. The highest BCUT2D eigenvalue weighted by Gasteiger charge is 2.10. The topological polar surface area (TPSA) is 56.8 Å². The third-order valence-corrected chi connectivity index (χ3v) is 3.45. The van der Waals surface area contributed by atoms with Gasteiger partial charge in [-0.25, -0.2) is 0 Å². The normalized spacial score (nSPS) is 11.4. The van der Waals surface area contributed by atoms with E-state index >= 15 is 0 Å². The van der Waals surface area contributed by atoms with Crippen molar-refractivity contribution in [2.45, 2.75) is 20.5 Å². The zero-order valence-corrected chi connectivity index (χ0v) is 13.3. The summed E-state index contributed by atoms with van der Waals surface area (Å²) in [6.07, 6.45) is 0. The van der Waals surface area contributed by atoms with Crippen molar-refractivity contribution in [1.29, 1.82) is 0 Å². The Bertz CT molecular complexity index is 666. The van der Waals surface area contributed by atoms with E-state index in [2.05, 4.69) is 24.2 Å². The Balaban J connectivity index is 2.23. The van der Waals surface area contributed by atoms with Crippen molar-refractivity contribution >= 4 is 5.71 Å². The predicted molar refractivity (Wildman–Crippen MR) is 89.3 cm³/mol. The van der Waals surface area contributed by atoms with Crippen molar-refractivity contribution in [3.8, 4) is 5.75 Å². The van der Waals surface area contributed by atoms with Gasteiger partial charge in [0.25, 0.3) is 0 Å². The Morgan fingerprint density at radius 1 is 1.14 bits per heavy atom. The largest absolute Gasteiger partial charge is 0.489 e. The van der Waals surface area contributed by atoms with Crippen LogP contribution in [0.3, 0.4) is 0 Å². The van der Waals surface area contributed by atoms with Gasteiger partial charge in [0.1, 0.15) is 25.2 Å². The van der Waals surface area contributed by atoms with E-state index < -0.39 is 0 Å². The number of hydrogen-bond donors (Lipinski definition) is 1. The molecule has 0 atom stereocenters. The van der Waals surface area contributed by atoms with Crippen LogP contribution in [0.25, 0.3) is 0 Å². The molecule has 4 heteroatoms. The molecule has 2 aromatic carbocycles. The molecular formula is C18H22N2O2. The maximum atomic E-state index is 5.98. The van der Waals surface area contributed by atoms with Crippen LogP contribution in [-0.2, 0) is 11.4 Å². The molecule has 0 aliphatic rings. The minimum Gasteiger partial charge on any atom is -0.489 e. The number of benzene rings is 2. The Morgan fingerprint density at radius 3 is 2.64 bits per heavy atom. The second-order valence-electron chi connectivity index (χ2n) is 5.14. The lowest BCUT2D eigenvalue weighted by atomic mass is 10.0. The van der Waals surface area contributed by atoms with Crippen LogP contribution in [0.1, 0.15) is 22.3 Å². The monoisotopic (exact) mass is 298 g/mol. The Labute approximate surface area is 131 Å². The lowest BCUT2D eigenvalue weighted by Gasteiger charge is -2.13. The summed E-state index contributed by atoms with van der Waals surface area (Å²) in [5.74, 6) is 0.896. The summed E-state index contributed by atoms with van der Waals surface area (Å²) in [6.45, 7) is 4.87. The first kappa shape index (κ1) is 16.0. The fourth-order valence-corrected chi connectivity index (χ4v) is 2.25. The van der Waals surface area contributed by atoms with Gasteiger partial charge in [-0.2, -0.15) is 0 Å². The quantitative estimate of drug-likeness (QED) is 0.658. The maximum absolute atomic E-state index is 5.98. The molecule has 0 unspecified atom stereocenters. The minimum atomic E-state index is 0.314. The van der Waals surface area contributed by atoms with Gasteiger partial charge in [0.15, 0.2) is 0 Å². The highest BCUT2D eigenvalue weighted by atomic mass is 16.6. The van der Waals surface area contributed by atoms with E-state index in [1.807, 2.05) is 37.3 Å². The minimum absolute atomic E-state index is 0.314. The van der Waals surface area contributed by atoms with E-state index in [9.17, 15) is 0 Å². The zero-order chi connectivity index (χ0) is 15.9. The molecule has 0 bridgehead atoms. The van der Waals surface area contributed by atoms with Crippen LogP contribution in [0.15, 0.2) is 47.6 Å². The number of aryl methyl sites for hydroxylation is 2. The van der Waals surface area contributed by atoms with Crippen LogP contribution >= 0.6 is 0 Å². The lowest BCUT2D eigenvalue weighted by molar-refractivity contribution is 0.213. The van der Waals surface area contributed by atoms with Crippen LogP contribution in [0, 0.1) is 13.8 Å². The van der Waals surface area contributed by atoms with Gasteiger partial charge in [0.2, 0.25) is 0 Å². The van der Waals surface area contributed by atoms with E-state index in [4.69, 9.17) is 15.3 Å². The average molecular weight is 298 g/mol. The standard InChI is InChI=1S/C18H22N2O2/c1-13-8-9-14(2)18(10-13)22-12-15-6-4-5-7-16(15)17(11-19)20-21-3/h4-10H,11-12,19H2,1-3H3. The number of hydrogen-bond acceptors (Lipinski definition) is 4. The van der Waals surface area contributed by atoms with Crippen LogP contribution in [0.5, 0.6) is 5.75 Å². The van der Waals surface area contributed by atoms with Crippen molar-refractivity contribution in [3.05, 3.63) is 64.7 Å². The molecule has 2 N–H and O–H groups in total. The molecule has 0 heterocycles. The SMILES string of the molecule is CON=C(CN)c1ccccc1COc1cc(C)ccc1C. The molecule has 0 radical (unpaired) electrons. The van der Waals surface area contributed by atoms with E-state index in [0.29, 0.717) is 18.9 Å². The molecule has 0 amide bonds. The van der Waals surface area contributed by atoms with Crippen LogP contribution < -0.4 is 10.5 Å². The Morgan fingerprint density at radius 2 is 1.91 bits per heavy atom. The number of rotatable bonds is 6. The zero-order valence-electron chi connectivity index (χ0n) is 13.3. The van der Waals surface area contributed by atoms with Crippen molar-refractivity contribution in [1.82, 2.24) is 0 Å². The maximum Gasteiger partial charge on any atom is 0.122 e. The summed E-state index contributed by atoms with van der Waals surface area (Å²) >= 11 is 0. The molecule has 0 aliphatic heterocycles. The van der Waals surface area contributed by atoms with E-state index in [0.717, 1.165) is 22.4 Å². The molecule has 2 aromatic rings. The van der Waals surface area contributed by atoms with E-state index in [1.54, 1.807) is 0 Å². The molecule has 2 rings (SSSR count). The molecule has 0 saturated carbocycles. The van der Waals surface area contributed by atoms with E-state index in [1.165, 1.54) is 12.7 Å². The summed E-state index contributed by atoms with van der Waals surface area (Å²) in [5.41, 5.74) is 10.8. The van der Waals surface area contributed by atoms with E-state index in [-0.39, 0.29) is 0 Å². The lowest BCUT2D eigenvalue weighted by Crippen LogP contribution is -2.18. The predicted octanol–water partition coefficient (Wildman–Crippen LogP) is 3.19. The summed E-state index contributed by atoms with van der Waals surface area (Å²) in [4.78, 5) is 4.87. The second kappa shape index (κ2) is 7.61. The summed E-state index contributed by atoms with van der Waals surface area (Å²) in [5, 5.41) is 4.00. The van der Waals surface area contributed by atoms with Gasteiger partial charge >= 0.3 is 0 Å². The Kier molecular flexibility index (Phi) is 5.55. The molecule has 0 saturated heterocycles. The first-order valence-electron chi connectivity index (χ1n) is 7.24. The average Bonchev–Trinajstić information content (AvgIpc) is 2.54. The van der Waals surface area contributed by atoms with Crippen molar-refractivity contribution in [2.75, 3.05) is 13.7 Å². The van der Waals surface area contributed by atoms with Crippen molar-refractivity contribution < 1.29 is 9.57 Å². The first-order chi connectivity index (χ1) is 10.7. The number of nitrogens with zero attached hydrogens (tertiary/aromatic N) is 1. The molecule has 116 valence electrons. The molecular weight excluding hydrogens is 276 g/mol. The molecule has 0 aromatic heterocycles. The fourth-order valence-electron chi connectivity index (χ4n) is 2.25. The molecule has 0 aliphatic carbocycles. The smallest absolute Gasteiger partial charge is 0.122 e. The third kappa shape index (κ3) is 3.86. The van der Waals surface area contributed by atoms with Crippen LogP contribution in [0.2, 0.25) is 0 Å². The van der Waals surface area contributed by atoms with Gasteiger partial charge in [-0.05, 0) is 36.6 Å². The second-order valence-corrected chi connectivity index (χ2v) is 5.14. The number of ether oxygens (including phenoxy) is 1. The van der Waals surface area contributed by atoms with Crippen molar-refractivity contribution in [2.24, 2.45) is 10.9 Å². The molecule has 22 heavy (non-hydrogen) atoms. The van der Waals surface area contributed by atoms with Crippen LogP contribution in [0.4, 0.5) is 0 Å². The highest BCUT2D eigenvalue weighted by Crippen LogP contribution is 2.21. The highest BCUT2D eigenvalue weighted by molar-refractivity contribution is 6.02. The summed E-state index contributed by atoms with van der Waals surface area (Å²) in [7, 11) is 1.52. The van der Waals surface area contributed by atoms with Gasteiger partial charge < -0.3 is 15.3 Å². The van der Waals surface area contributed by atoms with Gasteiger partial charge in [0.05, 0.1) is 0 Å². The van der Waals surface area contributed by atoms with Gasteiger partial charge in [-0.15, -0.1) is 0 Å². The van der Waals surface area contributed by atoms with Crippen LogP contribution in [-0.4, -0.2) is 19.4 Å². The number of oxime groups is 1.